The number of para-hydroxylation sites is 1. The minimum absolute atomic E-state index is 0.0877. The van der Waals surface area contributed by atoms with Crippen LogP contribution in [0.1, 0.15) is 10.4 Å². The molecule has 0 aliphatic rings. The number of carboxylic acids is 1. The zero-order chi connectivity index (χ0) is 15.6. The fourth-order valence-electron chi connectivity index (χ4n) is 1.58. The quantitative estimate of drug-likeness (QED) is 0.683. The first-order valence-electron chi connectivity index (χ1n) is 5.53. The maximum Gasteiger partial charge on any atom is 0.338 e. The molecule has 0 atom stereocenters. The summed E-state index contributed by atoms with van der Waals surface area (Å²) in [6, 6.07) is 7.38. The summed E-state index contributed by atoms with van der Waals surface area (Å²) < 4.78 is 18.8. The van der Waals surface area contributed by atoms with Crippen LogP contribution in [0.15, 0.2) is 36.4 Å². The Kier molecular flexibility index (Phi) is 4.04. The van der Waals surface area contributed by atoms with Crippen molar-refractivity contribution >= 4 is 23.3 Å². The molecule has 21 heavy (non-hydrogen) atoms. The predicted molar refractivity (Wildman–Crippen MR) is 71.5 cm³/mol. The zero-order valence-corrected chi connectivity index (χ0v) is 11.0. The summed E-state index contributed by atoms with van der Waals surface area (Å²) in [7, 11) is 0. The Balaban J connectivity index is 2.53. The van der Waals surface area contributed by atoms with Crippen molar-refractivity contribution in [2.45, 2.75) is 0 Å². The summed E-state index contributed by atoms with van der Waals surface area (Å²) in [6.45, 7) is 0. The molecule has 108 valence electrons. The number of nitro benzene ring substituents is 1. The second kappa shape index (κ2) is 5.76. The third-order valence-corrected chi connectivity index (χ3v) is 2.84. The van der Waals surface area contributed by atoms with E-state index >= 15 is 0 Å². The number of halogens is 2. The summed E-state index contributed by atoms with van der Waals surface area (Å²) in [4.78, 5) is 20.9. The van der Waals surface area contributed by atoms with Gasteiger partial charge in [-0.3, -0.25) is 10.1 Å². The summed E-state index contributed by atoms with van der Waals surface area (Å²) in [6.07, 6.45) is 0. The Morgan fingerprint density at radius 2 is 1.95 bits per heavy atom. The topological polar surface area (TPSA) is 89.7 Å². The van der Waals surface area contributed by atoms with Crippen LogP contribution < -0.4 is 4.74 Å². The normalized spacial score (nSPS) is 10.2. The molecule has 1 N–H and O–H groups in total. The van der Waals surface area contributed by atoms with Crippen LogP contribution >= 0.6 is 11.6 Å². The van der Waals surface area contributed by atoms with Crippen molar-refractivity contribution in [1.82, 2.24) is 0 Å². The van der Waals surface area contributed by atoms with Crippen molar-refractivity contribution in [1.29, 1.82) is 0 Å². The average molecular weight is 312 g/mol. The fourth-order valence-corrected chi connectivity index (χ4v) is 1.75. The van der Waals surface area contributed by atoms with E-state index in [9.17, 15) is 19.3 Å². The number of carboxylic acid groups (broad SMARTS) is 1. The third kappa shape index (κ3) is 3.09. The molecule has 8 heteroatoms. The van der Waals surface area contributed by atoms with E-state index in [0.717, 1.165) is 0 Å². The molecule has 2 aromatic carbocycles. The van der Waals surface area contributed by atoms with E-state index in [1.807, 2.05) is 0 Å². The van der Waals surface area contributed by atoms with E-state index in [2.05, 4.69) is 0 Å². The Morgan fingerprint density at radius 3 is 2.52 bits per heavy atom. The Hall–Kier alpha value is -2.67. The molecule has 2 rings (SSSR count). The number of benzene rings is 2. The Labute approximate surface area is 122 Å². The van der Waals surface area contributed by atoms with Crippen LogP contribution in [0, 0.1) is 15.9 Å². The maximum atomic E-state index is 13.6. The fraction of sp³-hybridized carbons (Fsp3) is 0. The molecule has 0 saturated carbocycles. The summed E-state index contributed by atoms with van der Waals surface area (Å²) in [5.74, 6) is -3.10. The van der Waals surface area contributed by atoms with Crippen molar-refractivity contribution in [3.05, 3.63) is 62.9 Å². The van der Waals surface area contributed by atoms with E-state index in [0.29, 0.717) is 12.1 Å². The monoisotopic (exact) mass is 311 g/mol. The molecule has 0 bridgehead atoms. The van der Waals surface area contributed by atoms with Gasteiger partial charge in [-0.2, -0.15) is 0 Å². The number of carbonyl (C=O) groups is 1. The molecule has 0 saturated heterocycles. The standard InChI is InChI=1S/C13H7ClFNO5/c14-8-3-1-2-4-11(8)21-12-6-9(15)7(13(17)18)5-10(12)16(19)20/h1-6H,(H,17,18). The largest absolute Gasteiger partial charge is 0.478 e. The van der Waals surface area contributed by atoms with Crippen LogP contribution in [0.2, 0.25) is 5.02 Å². The van der Waals surface area contributed by atoms with Gasteiger partial charge in [0, 0.05) is 12.1 Å². The lowest BCUT2D eigenvalue weighted by Gasteiger charge is -2.09. The molecule has 2 aromatic rings. The number of nitrogens with zero attached hydrogens (tertiary/aromatic N) is 1. The highest BCUT2D eigenvalue weighted by molar-refractivity contribution is 6.32. The first-order valence-corrected chi connectivity index (χ1v) is 5.91. The molecular weight excluding hydrogens is 305 g/mol. The number of hydrogen-bond acceptors (Lipinski definition) is 4. The summed E-state index contributed by atoms with van der Waals surface area (Å²) in [5, 5.41) is 19.9. The molecule has 0 unspecified atom stereocenters. The number of ether oxygens (including phenoxy) is 1. The van der Waals surface area contributed by atoms with E-state index in [4.69, 9.17) is 21.4 Å². The van der Waals surface area contributed by atoms with Gasteiger partial charge in [-0.25, -0.2) is 9.18 Å². The lowest BCUT2D eigenvalue weighted by atomic mass is 10.1. The molecule has 6 nitrogen and oxygen atoms in total. The molecule has 0 spiro atoms. The van der Waals surface area contributed by atoms with Crippen molar-refractivity contribution in [3.8, 4) is 11.5 Å². The van der Waals surface area contributed by atoms with Gasteiger partial charge in [0.25, 0.3) is 0 Å². The van der Waals surface area contributed by atoms with Crippen LogP contribution in [-0.2, 0) is 0 Å². The highest BCUT2D eigenvalue weighted by atomic mass is 35.5. The van der Waals surface area contributed by atoms with Gasteiger partial charge in [0.15, 0.2) is 0 Å². The summed E-state index contributed by atoms with van der Waals surface area (Å²) in [5.41, 5.74) is -1.48. The maximum absolute atomic E-state index is 13.6. The molecule has 0 fully saturated rings. The molecular formula is C13H7ClFNO5. The molecule has 0 aliphatic carbocycles. The lowest BCUT2D eigenvalue weighted by Crippen LogP contribution is -2.03. The number of hydrogen-bond donors (Lipinski definition) is 1. The van der Waals surface area contributed by atoms with Gasteiger partial charge in [-0.05, 0) is 12.1 Å². The first-order chi connectivity index (χ1) is 9.90. The average Bonchev–Trinajstić information content (AvgIpc) is 2.40. The molecule has 0 heterocycles. The van der Waals surface area contributed by atoms with Gasteiger partial charge < -0.3 is 9.84 Å². The SMILES string of the molecule is O=C(O)c1cc([N+](=O)[O-])c(Oc2ccccc2Cl)cc1F. The van der Waals surface area contributed by atoms with E-state index in [1.54, 1.807) is 12.1 Å². The Bertz CT molecular complexity index is 734. The van der Waals surface area contributed by atoms with Gasteiger partial charge in [0.1, 0.15) is 17.1 Å². The van der Waals surface area contributed by atoms with Crippen LogP contribution in [0.3, 0.4) is 0 Å². The van der Waals surface area contributed by atoms with Gasteiger partial charge in [0.2, 0.25) is 5.75 Å². The minimum atomic E-state index is -1.61. The van der Waals surface area contributed by atoms with Gasteiger partial charge in [0.05, 0.1) is 9.95 Å². The molecule has 0 aliphatic heterocycles. The van der Waals surface area contributed by atoms with Gasteiger partial charge >= 0.3 is 11.7 Å². The van der Waals surface area contributed by atoms with E-state index in [1.165, 1.54) is 12.1 Å². The smallest absolute Gasteiger partial charge is 0.338 e. The predicted octanol–water partition coefficient (Wildman–Crippen LogP) is 3.88. The molecule has 0 aromatic heterocycles. The number of rotatable bonds is 4. The highest BCUT2D eigenvalue weighted by Gasteiger charge is 2.23. The molecule has 0 amide bonds. The second-order valence-corrected chi connectivity index (χ2v) is 4.30. The first kappa shape index (κ1) is 14.7. The number of nitro groups is 1. The highest BCUT2D eigenvalue weighted by Crippen LogP contribution is 2.36. The van der Waals surface area contributed by atoms with Gasteiger partial charge in [-0.15, -0.1) is 0 Å². The van der Waals surface area contributed by atoms with Gasteiger partial charge in [-0.1, -0.05) is 23.7 Å². The van der Waals surface area contributed by atoms with Crippen molar-refractivity contribution in [3.63, 3.8) is 0 Å². The zero-order valence-electron chi connectivity index (χ0n) is 10.2. The van der Waals surface area contributed by atoms with Crippen molar-refractivity contribution in [2.75, 3.05) is 0 Å². The lowest BCUT2D eigenvalue weighted by molar-refractivity contribution is -0.385. The van der Waals surface area contributed by atoms with E-state index in [-0.39, 0.29) is 10.8 Å². The number of aromatic carboxylic acids is 1. The van der Waals surface area contributed by atoms with Crippen molar-refractivity contribution < 1.29 is 24.0 Å². The van der Waals surface area contributed by atoms with Crippen LogP contribution in [0.25, 0.3) is 0 Å². The summed E-state index contributed by atoms with van der Waals surface area (Å²) >= 11 is 5.84. The van der Waals surface area contributed by atoms with E-state index < -0.39 is 33.7 Å². The molecule has 0 radical (unpaired) electrons. The second-order valence-electron chi connectivity index (χ2n) is 3.89. The van der Waals surface area contributed by atoms with Crippen molar-refractivity contribution in [2.24, 2.45) is 0 Å². The Morgan fingerprint density at radius 1 is 1.29 bits per heavy atom. The van der Waals surface area contributed by atoms with Crippen LogP contribution in [-0.4, -0.2) is 16.0 Å². The van der Waals surface area contributed by atoms with Crippen LogP contribution in [0.5, 0.6) is 11.5 Å². The van der Waals surface area contributed by atoms with Crippen LogP contribution in [0.4, 0.5) is 10.1 Å². The minimum Gasteiger partial charge on any atom is -0.478 e. The third-order valence-electron chi connectivity index (χ3n) is 2.53.